The third-order valence-electron chi connectivity index (χ3n) is 3.26. The fraction of sp³-hybridized carbons (Fsp3) is 1.00. The molecule has 1 nitrogen and oxygen atoms in total. The molecule has 0 aromatic rings. The summed E-state index contributed by atoms with van der Waals surface area (Å²) in [7, 11) is 0. The topological polar surface area (TPSA) is 20.2 Å². The van der Waals surface area contributed by atoms with E-state index in [1.165, 1.54) is 19.3 Å². The van der Waals surface area contributed by atoms with Gasteiger partial charge in [-0.25, -0.2) is 0 Å². The third kappa shape index (κ3) is 0.800. The Morgan fingerprint density at radius 3 is 2.70 bits per heavy atom. The smallest absolute Gasteiger partial charge is 0.0574 e. The summed E-state index contributed by atoms with van der Waals surface area (Å²) in [5.74, 6) is 2.56. The summed E-state index contributed by atoms with van der Waals surface area (Å²) in [5.41, 5.74) is 0. The molecule has 0 radical (unpaired) electrons. The molecular formula is C9H16O. The molecular weight excluding hydrogens is 124 g/mol. The lowest BCUT2D eigenvalue weighted by molar-refractivity contribution is 0.149. The van der Waals surface area contributed by atoms with Gasteiger partial charge in [-0.2, -0.15) is 0 Å². The molecule has 0 amide bonds. The summed E-state index contributed by atoms with van der Waals surface area (Å²) in [5, 5.41) is 9.44. The highest BCUT2D eigenvalue weighted by molar-refractivity contribution is 5.05. The maximum Gasteiger partial charge on any atom is 0.0574 e. The fourth-order valence-corrected chi connectivity index (χ4v) is 2.75. The number of hydrogen-bond acceptors (Lipinski definition) is 1. The molecule has 4 atom stereocenters. The van der Waals surface area contributed by atoms with Crippen molar-refractivity contribution >= 4 is 0 Å². The minimum absolute atomic E-state index is 0.0709. The SMILES string of the molecule is CCCC1[C@H]2[C@H](O)CC[C@@H]12. The second-order valence-electron chi connectivity index (χ2n) is 3.84. The first kappa shape index (κ1) is 6.66. The molecule has 10 heavy (non-hydrogen) atoms. The average molecular weight is 140 g/mol. The van der Waals surface area contributed by atoms with Crippen molar-refractivity contribution in [1.29, 1.82) is 0 Å². The Kier molecular flexibility index (Phi) is 1.48. The van der Waals surface area contributed by atoms with Crippen LogP contribution in [0.4, 0.5) is 0 Å². The summed E-state index contributed by atoms with van der Waals surface area (Å²) >= 11 is 0. The van der Waals surface area contributed by atoms with E-state index in [0.717, 1.165) is 24.2 Å². The van der Waals surface area contributed by atoms with E-state index in [9.17, 15) is 5.11 Å². The summed E-state index contributed by atoms with van der Waals surface area (Å²) in [6.07, 6.45) is 5.10. The van der Waals surface area contributed by atoms with Crippen LogP contribution in [0, 0.1) is 17.8 Å². The molecule has 0 aromatic heterocycles. The molecule has 58 valence electrons. The molecule has 1 heteroatoms. The average Bonchev–Trinajstić information content (AvgIpc) is 2.45. The monoisotopic (exact) mass is 140 g/mol. The van der Waals surface area contributed by atoms with Crippen LogP contribution in [0.25, 0.3) is 0 Å². The Bertz CT molecular complexity index is 133. The van der Waals surface area contributed by atoms with Crippen LogP contribution in [-0.4, -0.2) is 11.2 Å². The molecule has 2 saturated carbocycles. The molecule has 0 bridgehead atoms. The van der Waals surface area contributed by atoms with Crippen molar-refractivity contribution in [2.75, 3.05) is 0 Å². The van der Waals surface area contributed by atoms with Crippen molar-refractivity contribution in [2.45, 2.75) is 38.7 Å². The first-order chi connectivity index (χ1) is 4.84. The lowest BCUT2D eigenvalue weighted by atomic mass is 10.1. The minimum atomic E-state index is 0.0709. The first-order valence-electron chi connectivity index (χ1n) is 4.52. The van der Waals surface area contributed by atoms with E-state index in [1.54, 1.807) is 0 Å². The van der Waals surface area contributed by atoms with Crippen LogP contribution in [0.3, 0.4) is 0 Å². The Balaban J connectivity index is 1.87. The van der Waals surface area contributed by atoms with Gasteiger partial charge in [0.1, 0.15) is 0 Å². The molecule has 0 spiro atoms. The van der Waals surface area contributed by atoms with Crippen LogP contribution in [0.15, 0.2) is 0 Å². The maximum atomic E-state index is 9.44. The van der Waals surface area contributed by atoms with Gasteiger partial charge in [0.15, 0.2) is 0 Å². The summed E-state index contributed by atoms with van der Waals surface area (Å²) in [6.45, 7) is 2.24. The molecule has 0 aromatic carbocycles. The third-order valence-corrected chi connectivity index (χ3v) is 3.26. The van der Waals surface area contributed by atoms with E-state index in [1.807, 2.05) is 0 Å². The van der Waals surface area contributed by atoms with Crippen LogP contribution in [0.2, 0.25) is 0 Å². The zero-order chi connectivity index (χ0) is 7.14. The van der Waals surface area contributed by atoms with Crippen molar-refractivity contribution in [1.82, 2.24) is 0 Å². The molecule has 2 rings (SSSR count). The zero-order valence-electron chi connectivity index (χ0n) is 6.59. The Labute approximate surface area is 62.4 Å². The molecule has 0 saturated heterocycles. The summed E-state index contributed by atoms with van der Waals surface area (Å²) < 4.78 is 0. The summed E-state index contributed by atoms with van der Waals surface area (Å²) in [4.78, 5) is 0. The van der Waals surface area contributed by atoms with Gasteiger partial charge in [-0.05, 0) is 30.6 Å². The van der Waals surface area contributed by atoms with Gasteiger partial charge in [0, 0.05) is 0 Å². The molecule has 2 fully saturated rings. The number of hydrogen-bond donors (Lipinski definition) is 1. The van der Waals surface area contributed by atoms with Gasteiger partial charge < -0.3 is 5.11 Å². The minimum Gasteiger partial charge on any atom is -0.393 e. The Morgan fingerprint density at radius 2 is 2.20 bits per heavy atom. The molecule has 1 unspecified atom stereocenters. The standard InChI is InChI=1S/C9H16O/c1-2-3-6-7-4-5-8(10)9(6)7/h6-10H,2-5H2,1H3/t6?,7-,8+,9+/m0/s1. The maximum absolute atomic E-state index is 9.44. The van der Waals surface area contributed by atoms with Gasteiger partial charge in [-0.15, -0.1) is 0 Å². The van der Waals surface area contributed by atoms with Gasteiger partial charge in [-0.1, -0.05) is 19.8 Å². The number of rotatable bonds is 2. The second-order valence-corrected chi connectivity index (χ2v) is 3.84. The van der Waals surface area contributed by atoms with Crippen molar-refractivity contribution < 1.29 is 5.11 Å². The van der Waals surface area contributed by atoms with E-state index >= 15 is 0 Å². The highest BCUT2D eigenvalue weighted by Gasteiger charge is 2.56. The molecule has 2 aliphatic carbocycles. The predicted octanol–water partition coefficient (Wildman–Crippen LogP) is 1.80. The van der Waals surface area contributed by atoms with Crippen LogP contribution >= 0.6 is 0 Å². The van der Waals surface area contributed by atoms with Crippen LogP contribution in [-0.2, 0) is 0 Å². The van der Waals surface area contributed by atoms with Crippen LogP contribution in [0.5, 0.6) is 0 Å². The molecule has 1 N–H and O–H groups in total. The highest BCUT2D eigenvalue weighted by atomic mass is 16.3. The second kappa shape index (κ2) is 2.23. The molecule has 0 heterocycles. The quantitative estimate of drug-likeness (QED) is 0.620. The van der Waals surface area contributed by atoms with Crippen LogP contribution < -0.4 is 0 Å². The van der Waals surface area contributed by atoms with Crippen LogP contribution in [0.1, 0.15) is 32.6 Å². The van der Waals surface area contributed by atoms with Crippen molar-refractivity contribution in [2.24, 2.45) is 17.8 Å². The number of aliphatic hydroxyl groups excluding tert-OH is 1. The summed E-state index contributed by atoms with van der Waals surface area (Å²) in [6, 6.07) is 0. The predicted molar refractivity (Wildman–Crippen MR) is 40.6 cm³/mol. The lowest BCUT2D eigenvalue weighted by Gasteiger charge is -2.05. The van der Waals surface area contributed by atoms with E-state index in [4.69, 9.17) is 0 Å². The highest BCUT2D eigenvalue weighted by Crippen LogP contribution is 2.59. The van der Waals surface area contributed by atoms with Gasteiger partial charge in [0.2, 0.25) is 0 Å². The van der Waals surface area contributed by atoms with Crippen molar-refractivity contribution in [3.8, 4) is 0 Å². The Morgan fingerprint density at radius 1 is 1.40 bits per heavy atom. The van der Waals surface area contributed by atoms with E-state index in [2.05, 4.69) is 6.92 Å². The number of fused-ring (bicyclic) bond motifs is 1. The van der Waals surface area contributed by atoms with E-state index in [0.29, 0.717) is 0 Å². The van der Waals surface area contributed by atoms with Gasteiger partial charge in [-0.3, -0.25) is 0 Å². The van der Waals surface area contributed by atoms with Gasteiger partial charge in [0.25, 0.3) is 0 Å². The fourth-order valence-electron chi connectivity index (χ4n) is 2.75. The number of aliphatic hydroxyl groups is 1. The van der Waals surface area contributed by atoms with E-state index < -0.39 is 0 Å². The lowest BCUT2D eigenvalue weighted by Crippen LogP contribution is -2.06. The zero-order valence-corrected chi connectivity index (χ0v) is 6.59. The normalized spacial score (nSPS) is 51.0. The Hall–Kier alpha value is -0.0400. The van der Waals surface area contributed by atoms with Gasteiger partial charge >= 0.3 is 0 Å². The molecule has 0 aliphatic heterocycles. The van der Waals surface area contributed by atoms with E-state index in [-0.39, 0.29) is 6.10 Å². The van der Waals surface area contributed by atoms with Crippen molar-refractivity contribution in [3.63, 3.8) is 0 Å². The molecule has 2 aliphatic rings. The first-order valence-corrected chi connectivity index (χ1v) is 4.52. The van der Waals surface area contributed by atoms with Crippen molar-refractivity contribution in [3.05, 3.63) is 0 Å². The van der Waals surface area contributed by atoms with Gasteiger partial charge in [0.05, 0.1) is 6.10 Å². The largest absolute Gasteiger partial charge is 0.393 e.